The molecule has 1 radical (unpaired) electrons. The summed E-state index contributed by atoms with van der Waals surface area (Å²) in [6, 6.07) is 1.19. The Morgan fingerprint density at radius 1 is 1.56 bits per heavy atom. The molecular weight excluding hydrogens is 148 g/mol. The van der Waals surface area contributed by atoms with Crippen LogP contribution < -0.4 is 0 Å². The summed E-state index contributed by atoms with van der Waals surface area (Å²) in [7, 11) is -0.511. The molecule has 9 heavy (non-hydrogen) atoms. The minimum atomic E-state index is -0.511. The van der Waals surface area contributed by atoms with Gasteiger partial charge < -0.3 is 0 Å². The van der Waals surface area contributed by atoms with Gasteiger partial charge in [-0.05, 0) is 12.5 Å². The first-order valence-corrected chi connectivity index (χ1v) is 6.40. The summed E-state index contributed by atoms with van der Waals surface area (Å²) in [5.74, 6) is 2.61. The van der Waals surface area contributed by atoms with Crippen molar-refractivity contribution < 1.29 is 0 Å². The van der Waals surface area contributed by atoms with Crippen LogP contribution in [0.25, 0.3) is 0 Å². The van der Waals surface area contributed by atoms with Gasteiger partial charge in [-0.3, -0.25) is 0 Å². The van der Waals surface area contributed by atoms with Crippen LogP contribution in [0.5, 0.6) is 0 Å². The lowest BCUT2D eigenvalue weighted by molar-refractivity contribution is 0.823. The van der Waals surface area contributed by atoms with E-state index in [1.165, 1.54) is 12.5 Å². The summed E-state index contributed by atoms with van der Waals surface area (Å²) in [5.41, 5.74) is 0. The molecule has 0 aliphatic heterocycles. The minimum Gasteiger partial charge on any atom is -0.169 e. The van der Waals surface area contributed by atoms with Crippen molar-refractivity contribution in [2.24, 2.45) is 0 Å². The lowest BCUT2D eigenvalue weighted by Gasteiger charge is -1.96. The highest BCUT2D eigenvalue weighted by Crippen LogP contribution is 2.05. The molecule has 0 aliphatic rings. The molecule has 0 amide bonds. The fourth-order valence-electron chi connectivity index (χ4n) is 0.596. The van der Waals surface area contributed by atoms with Crippen LogP contribution in [-0.2, 0) is 0 Å². The maximum absolute atomic E-state index is 5.81. The monoisotopic (exact) mass is 159 g/mol. The van der Waals surface area contributed by atoms with Crippen LogP contribution >= 0.6 is 11.1 Å². The third-order valence-corrected chi connectivity index (χ3v) is 2.70. The molecular formula is C7H12ClSi. The Bertz CT molecular complexity index is 93.6. The molecule has 51 valence electrons. The predicted molar refractivity (Wildman–Crippen MR) is 45.0 cm³/mol. The van der Waals surface area contributed by atoms with Crippen molar-refractivity contribution in [1.29, 1.82) is 0 Å². The maximum atomic E-state index is 5.81. The van der Waals surface area contributed by atoms with Gasteiger partial charge in [0.25, 0.3) is 0 Å². The number of terminal acetylenes is 1. The van der Waals surface area contributed by atoms with Gasteiger partial charge >= 0.3 is 0 Å². The third-order valence-electron chi connectivity index (χ3n) is 1.09. The number of halogens is 1. The molecule has 0 spiro atoms. The van der Waals surface area contributed by atoms with Gasteiger partial charge in [-0.2, -0.15) is 11.1 Å². The summed E-state index contributed by atoms with van der Waals surface area (Å²) in [6.45, 7) is 2.11. The maximum Gasteiger partial charge on any atom is 0.162 e. The van der Waals surface area contributed by atoms with Crippen LogP contribution in [-0.4, -0.2) is 8.11 Å². The first-order chi connectivity index (χ1) is 4.27. The van der Waals surface area contributed by atoms with E-state index in [0.29, 0.717) is 0 Å². The molecule has 0 unspecified atom stereocenters. The van der Waals surface area contributed by atoms with Crippen LogP contribution in [0.4, 0.5) is 0 Å². The number of hydrogen-bond acceptors (Lipinski definition) is 0. The smallest absolute Gasteiger partial charge is 0.162 e. The second-order valence-electron chi connectivity index (χ2n) is 2.09. The van der Waals surface area contributed by atoms with Crippen molar-refractivity contribution in [3.63, 3.8) is 0 Å². The Balaban J connectivity index is 2.85. The topological polar surface area (TPSA) is 0 Å². The SMILES string of the molecule is C#CCCCC[Si](C)Cl. The lowest BCUT2D eigenvalue weighted by atomic mass is 10.3. The average molecular weight is 160 g/mol. The van der Waals surface area contributed by atoms with Gasteiger partial charge in [-0.15, -0.1) is 12.3 Å². The molecule has 0 heterocycles. The molecule has 0 fully saturated rings. The second-order valence-corrected chi connectivity index (χ2v) is 5.88. The summed E-state index contributed by atoms with van der Waals surface area (Å²) < 4.78 is 0. The van der Waals surface area contributed by atoms with E-state index in [9.17, 15) is 0 Å². The second kappa shape index (κ2) is 6.19. The van der Waals surface area contributed by atoms with E-state index in [1.54, 1.807) is 0 Å². The number of rotatable bonds is 4. The van der Waals surface area contributed by atoms with Gasteiger partial charge in [-0.25, -0.2) is 0 Å². The fourth-order valence-corrected chi connectivity index (χ4v) is 1.73. The third kappa shape index (κ3) is 8.07. The summed E-state index contributed by atoms with van der Waals surface area (Å²) in [4.78, 5) is 0. The molecule has 0 atom stereocenters. The first-order valence-electron chi connectivity index (χ1n) is 3.18. The zero-order valence-electron chi connectivity index (χ0n) is 5.78. The zero-order chi connectivity index (χ0) is 7.11. The Labute approximate surface area is 63.9 Å². The number of hydrogen-bond donors (Lipinski definition) is 0. The van der Waals surface area contributed by atoms with Gasteiger partial charge in [0.05, 0.1) is 0 Å². The van der Waals surface area contributed by atoms with Crippen molar-refractivity contribution in [3.05, 3.63) is 0 Å². The zero-order valence-corrected chi connectivity index (χ0v) is 7.54. The molecule has 0 nitrogen and oxygen atoms in total. The van der Waals surface area contributed by atoms with E-state index in [-0.39, 0.29) is 0 Å². The molecule has 0 N–H and O–H groups in total. The quantitative estimate of drug-likeness (QED) is 0.256. The van der Waals surface area contributed by atoms with E-state index in [2.05, 4.69) is 12.5 Å². The normalized spacial score (nSPS) is 9.56. The van der Waals surface area contributed by atoms with Gasteiger partial charge in [0, 0.05) is 6.42 Å². The molecule has 0 rings (SSSR count). The van der Waals surface area contributed by atoms with E-state index >= 15 is 0 Å². The van der Waals surface area contributed by atoms with Gasteiger partial charge in [0.2, 0.25) is 0 Å². The van der Waals surface area contributed by atoms with Crippen LogP contribution in [0, 0.1) is 12.3 Å². The fraction of sp³-hybridized carbons (Fsp3) is 0.714. The molecule has 0 aromatic heterocycles. The Morgan fingerprint density at radius 2 is 2.22 bits per heavy atom. The van der Waals surface area contributed by atoms with Crippen molar-refractivity contribution in [2.45, 2.75) is 31.9 Å². The van der Waals surface area contributed by atoms with E-state index in [4.69, 9.17) is 17.5 Å². The molecule has 2 heteroatoms. The van der Waals surface area contributed by atoms with Gasteiger partial charge in [0.15, 0.2) is 8.11 Å². The standard InChI is InChI=1S/C7H12ClSi/c1-3-4-5-6-7-9(2)8/h1H,4-7H2,2H3. The molecule has 0 aromatic carbocycles. The summed E-state index contributed by atoms with van der Waals surface area (Å²) in [6.07, 6.45) is 8.33. The summed E-state index contributed by atoms with van der Waals surface area (Å²) in [5, 5.41) is 0. The largest absolute Gasteiger partial charge is 0.169 e. The van der Waals surface area contributed by atoms with Gasteiger partial charge in [-0.1, -0.05) is 13.0 Å². The van der Waals surface area contributed by atoms with Crippen LogP contribution in [0.1, 0.15) is 19.3 Å². The van der Waals surface area contributed by atoms with Crippen molar-refractivity contribution in [1.82, 2.24) is 0 Å². The van der Waals surface area contributed by atoms with Crippen molar-refractivity contribution in [3.8, 4) is 12.3 Å². The Kier molecular flexibility index (Phi) is 6.24. The van der Waals surface area contributed by atoms with Crippen molar-refractivity contribution >= 4 is 19.2 Å². The van der Waals surface area contributed by atoms with Gasteiger partial charge in [0.1, 0.15) is 0 Å². The molecule has 0 bridgehead atoms. The van der Waals surface area contributed by atoms with Crippen LogP contribution in [0.3, 0.4) is 0 Å². The Morgan fingerprint density at radius 3 is 2.67 bits per heavy atom. The molecule has 0 saturated carbocycles. The highest BCUT2D eigenvalue weighted by atomic mass is 35.6. The Hall–Kier alpha value is 0.0669. The van der Waals surface area contributed by atoms with Crippen molar-refractivity contribution in [2.75, 3.05) is 0 Å². The first kappa shape index (κ1) is 9.07. The van der Waals surface area contributed by atoms with E-state index < -0.39 is 8.11 Å². The summed E-state index contributed by atoms with van der Waals surface area (Å²) >= 11 is 5.81. The molecule has 0 saturated heterocycles. The lowest BCUT2D eigenvalue weighted by Crippen LogP contribution is -1.93. The van der Waals surface area contributed by atoms with Crippen LogP contribution in [0.15, 0.2) is 0 Å². The van der Waals surface area contributed by atoms with E-state index in [1.807, 2.05) is 0 Å². The molecule has 0 aromatic rings. The van der Waals surface area contributed by atoms with E-state index in [0.717, 1.165) is 12.8 Å². The molecule has 0 aliphatic carbocycles. The predicted octanol–water partition coefficient (Wildman–Crippen LogP) is 2.65. The number of unbranched alkanes of at least 4 members (excludes halogenated alkanes) is 2. The highest BCUT2D eigenvalue weighted by molar-refractivity contribution is 7.06. The average Bonchev–Trinajstić information content (AvgIpc) is 1.80. The van der Waals surface area contributed by atoms with Crippen LogP contribution in [0.2, 0.25) is 12.6 Å². The minimum absolute atomic E-state index is 0.511. The highest BCUT2D eigenvalue weighted by Gasteiger charge is 1.96.